The van der Waals surface area contributed by atoms with E-state index in [0.29, 0.717) is 3.82 Å². The topological polar surface area (TPSA) is 18.5 Å². The molecule has 1 rings (SSSR count). The molecule has 0 spiro atoms. The number of halogens is 1. The van der Waals surface area contributed by atoms with Gasteiger partial charge in [-0.15, -0.1) is 0 Å². The molecule has 94 valence electrons. The van der Waals surface area contributed by atoms with Gasteiger partial charge in [0.15, 0.2) is 0 Å². The van der Waals surface area contributed by atoms with Crippen molar-refractivity contribution in [2.75, 3.05) is 0 Å². The van der Waals surface area contributed by atoms with Gasteiger partial charge < -0.3 is 9.31 Å². The molecule has 0 aromatic carbocycles. The van der Waals surface area contributed by atoms with Crippen LogP contribution >= 0.6 is 22.6 Å². The predicted molar refractivity (Wildman–Crippen MR) is 78.0 cm³/mol. The highest BCUT2D eigenvalue weighted by molar-refractivity contribution is 14.1. The lowest BCUT2D eigenvalue weighted by atomic mass is 9.82. The van der Waals surface area contributed by atoms with Crippen molar-refractivity contribution in [2.24, 2.45) is 0 Å². The largest absolute Gasteiger partial charge is 0.471 e. The molecule has 4 heteroatoms. The summed E-state index contributed by atoms with van der Waals surface area (Å²) in [4.78, 5) is 0. The summed E-state index contributed by atoms with van der Waals surface area (Å²) in [6, 6.07) is 0. The molecule has 16 heavy (non-hydrogen) atoms. The first-order chi connectivity index (χ1) is 7.30. The van der Waals surface area contributed by atoms with Crippen molar-refractivity contribution in [3.63, 3.8) is 0 Å². The van der Waals surface area contributed by atoms with E-state index in [9.17, 15) is 0 Å². The van der Waals surface area contributed by atoms with Crippen LogP contribution in [-0.4, -0.2) is 22.1 Å². The summed E-state index contributed by atoms with van der Waals surface area (Å²) in [5.74, 6) is 0. The third-order valence-electron chi connectivity index (χ3n) is 3.65. The molecule has 0 radical (unpaired) electrons. The number of hydrogen-bond acceptors (Lipinski definition) is 2. The normalized spacial score (nSPS) is 24.8. The fourth-order valence-corrected chi connectivity index (χ4v) is 2.50. The van der Waals surface area contributed by atoms with E-state index in [1.54, 1.807) is 0 Å². The highest BCUT2D eigenvalue weighted by Crippen LogP contribution is 2.39. The number of alkyl halides is 1. The van der Waals surface area contributed by atoms with Gasteiger partial charge in [0.1, 0.15) is 0 Å². The summed E-state index contributed by atoms with van der Waals surface area (Å²) in [5.41, 5.74) is -0.377. The van der Waals surface area contributed by atoms with Gasteiger partial charge in [-0.1, -0.05) is 48.8 Å². The van der Waals surface area contributed by atoms with Crippen LogP contribution in [0.25, 0.3) is 0 Å². The number of rotatable bonds is 5. The molecule has 1 unspecified atom stereocenters. The Bertz CT molecular complexity index is 215. The minimum atomic E-state index is -0.189. The van der Waals surface area contributed by atoms with E-state index in [2.05, 4.69) is 57.2 Å². The molecule has 0 aromatic heterocycles. The molecule has 0 aliphatic carbocycles. The number of unbranched alkanes of at least 4 members (excludes halogenated alkanes) is 2. The molecule has 0 aromatic rings. The van der Waals surface area contributed by atoms with Gasteiger partial charge in [-0.2, -0.15) is 0 Å². The van der Waals surface area contributed by atoms with Gasteiger partial charge in [-0.3, -0.25) is 0 Å². The van der Waals surface area contributed by atoms with Gasteiger partial charge in [-0.05, 0) is 34.1 Å². The number of hydrogen-bond donors (Lipinski definition) is 0. The average Bonchev–Trinajstić information content (AvgIpc) is 2.36. The summed E-state index contributed by atoms with van der Waals surface area (Å²) in [6.07, 6.45) is 5.03. The Kier molecular flexibility index (Phi) is 5.14. The first kappa shape index (κ1) is 14.8. The first-order valence-electron chi connectivity index (χ1n) is 6.30. The molecule has 2 nitrogen and oxygen atoms in total. The highest BCUT2D eigenvalue weighted by atomic mass is 127. The molecule has 1 aliphatic rings. The minimum absolute atomic E-state index is 0.0394. The lowest BCUT2D eigenvalue weighted by Gasteiger charge is -2.32. The van der Waals surface area contributed by atoms with Gasteiger partial charge >= 0.3 is 7.12 Å². The summed E-state index contributed by atoms with van der Waals surface area (Å²) in [6.45, 7) is 10.7. The molecule has 0 amide bonds. The first-order valence-corrected chi connectivity index (χ1v) is 7.54. The van der Waals surface area contributed by atoms with Gasteiger partial charge in [0.25, 0.3) is 0 Å². The molecule has 1 saturated heterocycles. The summed E-state index contributed by atoms with van der Waals surface area (Å²) in [7, 11) is -0.0394. The summed E-state index contributed by atoms with van der Waals surface area (Å²) in [5, 5.41) is 0. The minimum Gasteiger partial charge on any atom is -0.403 e. The molecule has 1 heterocycles. The van der Waals surface area contributed by atoms with Crippen LogP contribution in [0.15, 0.2) is 0 Å². The van der Waals surface area contributed by atoms with Crippen molar-refractivity contribution in [1.29, 1.82) is 0 Å². The van der Waals surface area contributed by atoms with E-state index < -0.39 is 0 Å². The molecule has 0 bridgehead atoms. The Morgan fingerprint density at radius 2 is 1.56 bits per heavy atom. The van der Waals surface area contributed by atoms with Crippen molar-refractivity contribution in [1.82, 2.24) is 0 Å². The molecular weight excluding hydrogens is 314 g/mol. The quantitative estimate of drug-likeness (QED) is 0.327. The van der Waals surface area contributed by atoms with E-state index in [-0.39, 0.29) is 18.3 Å². The maximum Gasteiger partial charge on any atom is 0.471 e. The third-order valence-corrected chi connectivity index (χ3v) is 4.86. The zero-order chi connectivity index (χ0) is 12.4. The zero-order valence-corrected chi connectivity index (χ0v) is 13.3. The Hall–Kier alpha value is 0.715. The summed E-state index contributed by atoms with van der Waals surface area (Å²) >= 11 is 2.47. The van der Waals surface area contributed by atoms with Gasteiger partial charge in [-0.25, -0.2) is 0 Å². The maximum absolute atomic E-state index is 6.03. The Morgan fingerprint density at radius 1 is 1.06 bits per heavy atom. The lowest BCUT2D eigenvalue weighted by Crippen LogP contribution is -2.41. The van der Waals surface area contributed by atoms with Crippen LogP contribution in [0.1, 0.15) is 60.3 Å². The SMILES string of the molecule is CCCCCC(I)B1OC(C)(C)C(C)(C)O1. The van der Waals surface area contributed by atoms with Crippen molar-refractivity contribution in [2.45, 2.75) is 75.3 Å². The second kappa shape index (κ2) is 5.57. The monoisotopic (exact) mass is 338 g/mol. The fourth-order valence-electron chi connectivity index (χ4n) is 1.76. The van der Waals surface area contributed by atoms with Crippen molar-refractivity contribution < 1.29 is 9.31 Å². The van der Waals surface area contributed by atoms with Crippen LogP contribution in [0.5, 0.6) is 0 Å². The van der Waals surface area contributed by atoms with Gasteiger partial charge in [0.2, 0.25) is 0 Å². The second-order valence-corrected chi connectivity index (χ2v) is 7.24. The fraction of sp³-hybridized carbons (Fsp3) is 1.00. The Labute approximate surface area is 114 Å². The van der Waals surface area contributed by atoms with E-state index >= 15 is 0 Å². The van der Waals surface area contributed by atoms with Crippen molar-refractivity contribution in [3.05, 3.63) is 0 Å². The van der Waals surface area contributed by atoms with Crippen molar-refractivity contribution in [3.8, 4) is 0 Å². The lowest BCUT2D eigenvalue weighted by molar-refractivity contribution is 0.00578. The van der Waals surface area contributed by atoms with E-state index in [1.807, 2.05) is 0 Å². The maximum atomic E-state index is 6.03. The van der Waals surface area contributed by atoms with Crippen LogP contribution in [0, 0.1) is 0 Å². The third kappa shape index (κ3) is 3.36. The smallest absolute Gasteiger partial charge is 0.403 e. The van der Waals surface area contributed by atoms with Crippen LogP contribution in [0.4, 0.5) is 0 Å². The molecule has 1 atom stereocenters. The second-order valence-electron chi connectivity index (χ2n) is 5.64. The average molecular weight is 338 g/mol. The van der Waals surface area contributed by atoms with E-state index in [0.717, 1.165) is 0 Å². The Balaban J connectivity index is 2.46. The standard InChI is InChI=1S/C12H24BIO2/c1-6-7-8-9-10(14)13-15-11(2,3)12(4,5)16-13/h10H,6-9H2,1-5H3. The molecule has 1 fully saturated rings. The van der Waals surface area contributed by atoms with Crippen molar-refractivity contribution >= 4 is 29.7 Å². The predicted octanol–water partition coefficient (Wildman–Crippen LogP) is 4.00. The molecule has 1 aliphatic heterocycles. The van der Waals surface area contributed by atoms with E-state index in [1.165, 1.54) is 25.7 Å². The van der Waals surface area contributed by atoms with Crippen LogP contribution < -0.4 is 0 Å². The molecule has 0 N–H and O–H groups in total. The van der Waals surface area contributed by atoms with Crippen LogP contribution in [0.2, 0.25) is 0 Å². The van der Waals surface area contributed by atoms with Gasteiger partial charge in [0, 0.05) is 3.82 Å². The zero-order valence-electron chi connectivity index (χ0n) is 11.2. The van der Waals surface area contributed by atoms with Crippen LogP contribution in [0.3, 0.4) is 0 Å². The van der Waals surface area contributed by atoms with Crippen LogP contribution in [-0.2, 0) is 9.31 Å². The van der Waals surface area contributed by atoms with Gasteiger partial charge in [0.05, 0.1) is 11.2 Å². The highest BCUT2D eigenvalue weighted by Gasteiger charge is 2.52. The van der Waals surface area contributed by atoms with E-state index in [4.69, 9.17) is 9.31 Å². The molecule has 0 saturated carbocycles. The molecular formula is C12H24BIO2. The Morgan fingerprint density at radius 3 is 2.00 bits per heavy atom. The summed E-state index contributed by atoms with van der Waals surface area (Å²) < 4.78 is 12.5.